The minimum Gasteiger partial charge on any atom is -0.459 e. The Kier molecular flexibility index (Phi) is 2.84. The number of hydrogen-bond donors (Lipinski definition) is 1. The monoisotopic (exact) mass is 247 g/mol. The Morgan fingerprint density at radius 2 is 2.39 bits per heavy atom. The van der Waals surface area contributed by atoms with Gasteiger partial charge in [-0.3, -0.25) is 4.79 Å². The van der Waals surface area contributed by atoms with E-state index in [0.29, 0.717) is 24.0 Å². The molecule has 0 radical (unpaired) electrons. The molecule has 1 saturated carbocycles. The summed E-state index contributed by atoms with van der Waals surface area (Å²) in [4.78, 5) is 15.8. The van der Waals surface area contributed by atoms with Crippen molar-refractivity contribution in [2.45, 2.75) is 25.8 Å². The molecule has 1 aliphatic carbocycles. The Bertz CT molecular complexity index is 529. The molecule has 0 bridgehead atoms. The zero-order valence-corrected chi connectivity index (χ0v) is 9.76. The van der Waals surface area contributed by atoms with Crippen LogP contribution in [0.1, 0.15) is 25.1 Å². The highest BCUT2D eigenvalue weighted by Gasteiger charge is 2.25. The first-order valence-electron chi connectivity index (χ1n) is 5.97. The van der Waals surface area contributed by atoms with Crippen molar-refractivity contribution in [2.75, 3.05) is 0 Å². The number of carbonyl (C=O) groups is 1. The highest BCUT2D eigenvalue weighted by molar-refractivity contribution is 5.79. The van der Waals surface area contributed by atoms with Gasteiger partial charge in [-0.2, -0.15) is 4.98 Å². The summed E-state index contributed by atoms with van der Waals surface area (Å²) in [6.07, 6.45) is 4.64. The van der Waals surface area contributed by atoms with Crippen molar-refractivity contribution in [3.8, 4) is 11.7 Å². The first kappa shape index (κ1) is 11.0. The van der Waals surface area contributed by atoms with Gasteiger partial charge in [0.2, 0.25) is 5.91 Å². The van der Waals surface area contributed by atoms with Crippen molar-refractivity contribution in [1.82, 2.24) is 15.5 Å². The molecule has 0 saturated heterocycles. The molecule has 0 unspecified atom stereocenters. The lowest BCUT2D eigenvalue weighted by atomic mass is 9.85. The lowest BCUT2D eigenvalue weighted by Crippen LogP contribution is -2.34. The fraction of sp³-hybridized carbons (Fsp3) is 0.417. The molecule has 1 amide bonds. The summed E-state index contributed by atoms with van der Waals surface area (Å²) in [6.45, 7) is 0.291. The van der Waals surface area contributed by atoms with Crippen LogP contribution >= 0.6 is 0 Å². The van der Waals surface area contributed by atoms with Crippen molar-refractivity contribution in [1.29, 1.82) is 0 Å². The Morgan fingerprint density at radius 3 is 3.06 bits per heavy atom. The topological polar surface area (TPSA) is 81.2 Å². The van der Waals surface area contributed by atoms with Gasteiger partial charge >= 0.3 is 0 Å². The Labute approximate surface area is 103 Å². The van der Waals surface area contributed by atoms with Crippen molar-refractivity contribution in [2.24, 2.45) is 5.92 Å². The molecular weight excluding hydrogens is 234 g/mol. The molecule has 6 nitrogen and oxygen atoms in total. The van der Waals surface area contributed by atoms with Gasteiger partial charge in [-0.25, -0.2) is 0 Å². The van der Waals surface area contributed by atoms with Gasteiger partial charge < -0.3 is 14.3 Å². The SMILES string of the molecule is O=C(NCc1noc(-c2ccco2)n1)C1CCC1. The summed E-state index contributed by atoms with van der Waals surface area (Å²) >= 11 is 0. The van der Waals surface area contributed by atoms with Gasteiger partial charge in [-0.1, -0.05) is 11.6 Å². The van der Waals surface area contributed by atoms with Gasteiger partial charge in [0, 0.05) is 5.92 Å². The number of hydrogen-bond acceptors (Lipinski definition) is 5. The van der Waals surface area contributed by atoms with E-state index in [1.807, 2.05) is 0 Å². The fourth-order valence-corrected chi connectivity index (χ4v) is 1.81. The van der Waals surface area contributed by atoms with E-state index in [4.69, 9.17) is 8.94 Å². The van der Waals surface area contributed by atoms with E-state index in [-0.39, 0.29) is 11.8 Å². The van der Waals surface area contributed by atoms with Crippen LogP contribution in [0.3, 0.4) is 0 Å². The normalized spacial score (nSPS) is 15.3. The Balaban J connectivity index is 1.58. The number of aromatic nitrogens is 2. The van der Waals surface area contributed by atoms with Crippen LogP contribution in [-0.4, -0.2) is 16.0 Å². The van der Waals surface area contributed by atoms with E-state index in [1.165, 1.54) is 6.26 Å². The molecule has 3 rings (SSSR count). The van der Waals surface area contributed by atoms with Crippen molar-refractivity contribution in [3.05, 3.63) is 24.2 Å². The van der Waals surface area contributed by atoms with E-state index in [0.717, 1.165) is 19.3 Å². The summed E-state index contributed by atoms with van der Waals surface area (Å²) in [6, 6.07) is 3.49. The Morgan fingerprint density at radius 1 is 1.50 bits per heavy atom. The second-order valence-electron chi connectivity index (χ2n) is 4.34. The molecule has 0 aromatic carbocycles. The second-order valence-corrected chi connectivity index (χ2v) is 4.34. The maximum atomic E-state index is 11.6. The maximum Gasteiger partial charge on any atom is 0.293 e. The van der Waals surface area contributed by atoms with Crippen molar-refractivity contribution < 1.29 is 13.7 Å². The predicted octanol–water partition coefficient (Wildman–Crippen LogP) is 1.75. The standard InChI is InChI=1S/C12H13N3O3/c16-11(8-3-1-4-8)13-7-10-14-12(18-15-10)9-5-2-6-17-9/h2,5-6,8H,1,3-4,7H2,(H,13,16). The number of rotatable bonds is 4. The van der Waals surface area contributed by atoms with E-state index in [2.05, 4.69) is 15.5 Å². The molecule has 6 heteroatoms. The molecular formula is C12H13N3O3. The molecule has 2 aromatic rings. The zero-order valence-electron chi connectivity index (χ0n) is 9.76. The lowest BCUT2D eigenvalue weighted by Gasteiger charge is -2.23. The van der Waals surface area contributed by atoms with E-state index in [1.54, 1.807) is 12.1 Å². The van der Waals surface area contributed by atoms with Crippen LogP contribution in [0.2, 0.25) is 0 Å². The maximum absolute atomic E-state index is 11.6. The van der Waals surface area contributed by atoms with Crippen LogP contribution in [-0.2, 0) is 11.3 Å². The first-order valence-corrected chi connectivity index (χ1v) is 5.97. The lowest BCUT2D eigenvalue weighted by molar-refractivity contribution is -0.127. The van der Waals surface area contributed by atoms with E-state index in [9.17, 15) is 4.79 Å². The summed E-state index contributed by atoms with van der Waals surface area (Å²) < 4.78 is 10.2. The largest absolute Gasteiger partial charge is 0.459 e. The highest BCUT2D eigenvalue weighted by Crippen LogP contribution is 2.26. The molecule has 2 heterocycles. The minimum atomic E-state index is 0.0746. The molecule has 18 heavy (non-hydrogen) atoms. The quantitative estimate of drug-likeness (QED) is 0.890. The average Bonchev–Trinajstić information content (AvgIpc) is 2.94. The van der Waals surface area contributed by atoms with E-state index < -0.39 is 0 Å². The number of nitrogens with zero attached hydrogens (tertiary/aromatic N) is 2. The number of carbonyl (C=O) groups excluding carboxylic acids is 1. The summed E-state index contributed by atoms with van der Waals surface area (Å²) in [5, 5.41) is 6.59. The van der Waals surface area contributed by atoms with Crippen LogP contribution in [0.25, 0.3) is 11.7 Å². The average molecular weight is 247 g/mol. The van der Waals surface area contributed by atoms with Crippen LogP contribution in [0.5, 0.6) is 0 Å². The third kappa shape index (κ3) is 2.13. The molecule has 1 fully saturated rings. The third-order valence-corrected chi connectivity index (χ3v) is 3.10. The van der Waals surface area contributed by atoms with Crippen LogP contribution < -0.4 is 5.32 Å². The minimum absolute atomic E-state index is 0.0746. The zero-order chi connectivity index (χ0) is 12.4. The molecule has 94 valence electrons. The van der Waals surface area contributed by atoms with Gasteiger partial charge in [0.05, 0.1) is 12.8 Å². The summed E-state index contributed by atoms with van der Waals surface area (Å²) in [5.41, 5.74) is 0. The van der Waals surface area contributed by atoms with Crippen LogP contribution in [0, 0.1) is 5.92 Å². The number of furan rings is 1. The number of amides is 1. The molecule has 1 aliphatic rings. The Hall–Kier alpha value is -2.11. The second kappa shape index (κ2) is 4.64. The van der Waals surface area contributed by atoms with Gasteiger partial charge in [-0.15, -0.1) is 0 Å². The predicted molar refractivity (Wildman–Crippen MR) is 61.2 cm³/mol. The van der Waals surface area contributed by atoms with E-state index >= 15 is 0 Å². The van der Waals surface area contributed by atoms with Crippen molar-refractivity contribution in [3.63, 3.8) is 0 Å². The summed E-state index contributed by atoms with van der Waals surface area (Å²) in [7, 11) is 0. The van der Waals surface area contributed by atoms with Crippen molar-refractivity contribution >= 4 is 5.91 Å². The summed E-state index contributed by atoms with van der Waals surface area (Å²) in [5.74, 6) is 1.55. The van der Waals surface area contributed by atoms with Gasteiger partial charge in [0.1, 0.15) is 0 Å². The molecule has 0 spiro atoms. The van der Waals surface area contributed by atoms with Crippen LogP contribution in [0.15, 0.2) is 27.3 Å². The fourth-order valence-electron chi connectivity index (χ4n) is 1.81. The number of nitrogens with one attached hydrogen (secondary N) is 1. The smallest absolute Gasteiger partial charge is 0.293 e. The molecule has 2 aromatic heterocycles. The van der Waals surface area contributed by atoms with Gasteiger partial charge in [-0.05, 0) is 25.0 Å². The molecule has 0 aliphatic heterocycles. The highest BCUT2D eigenvalue weighted by atomic mass is 16.5. The molecule has 0 atom stereocenters. The third-order valence-electron chi connectivity index (χ3n) is 3.10. The first-order chi connectivity index (χ1) is 8.83. The van der Waals surface area contributed by atoms with Gasteiger partial charge in [0.25, 0.3) is 5.89 Å². The van der Waals surface area contributed by atoms with Gasteiger partial charge in [0.15, 0.2) is 11.6 Å². The molecule has 1 N–H and O–H groups in total. The van der Waals surface area contributed by atoms with Crippen LogP contribution in [0.4, 0.5) is 0 Å².